The van der Waals surface area contributed by atoms with Crippen molar-refractivity contribution in [3.8, 4) is 11.6 Å². The first kappa shape index (κ1) is 15.9. The summed E-state index contributed by atoms with van der Waals surface area (Å²) in [7, 11) is 1.62. The minimum Gasteiger partial charge on any atom is -0.437 e. The lowest BCUT2D eigenvalue weighted by Crippen LogP contribution is -2.30. The average Bonchev–Trinajstić information content (AvgIpc) is 2.53. The summed E-state index contributed by atoms with van der Waals surface area (Å²) < 4.78 is 10.4. The lowest BCUT2D eigenvalue weighted by Gasteiger charge is -2.08. The monoisotopic (exact) mass is 302 g/mol. The standard InChI is InChI=1S/C15H18N4O3/c1-21-8-7-17-10-14(20)19-12-3-2-4-13(9-12)22-15-11-16-5-6-18-15/h2-6,9,11,17H,7-8,10H2,1H3,(H,19,20). The second-order valence-electron chi connectivity index (χ2n) is 4.39. The highest BCUT2D eigenvalue weighted by molar-refractivity contribution is 5.92. The van der Waals surface area contributed by atoms with Gasteiger partial charge in [-0.05, 0) is 12.1 Å². The third-order valence-corrected chi connectivity index (χ3v) is 2.65. The summed E-state index contributed by atoms with van der Waals surface area (Å²) in [5.41, 5.74) is 0.653. The molecule has 0 radical (unpaired) electrons. The van der Waals surface area contributed by atoms with E-state index in [0.717, 1.165) is 0 Å². The van der Waals surface area contributed by atoms with Gasteiger partial charge in [0.2, 0.25) is 11.8 Å². The normalized spacial score (nSPS) is 10.2. The number of nitrogens with one attached hydrogen (secondary N) is 2. The smallest absolute Gasteiger partial charge is 0.238 e. The topological polar surface area (TPSA) is 85.4 Å². The van der Waals surface area contributed by atoms with E-state index in [1.165, 1.54) is 6.20 Å². The quantitative estimate of drug-likeness (QED) is 0.718. The Morgan fingerprint density at radius 1 is 1.32 bits per heavy atom. The van der Waals surface area contributed by atoms with Crippen LogP contribution in [0.25, 0.3) is 0 Å². The van der Waals surface area contributed by atoms with Crippen LogP contribution in [0.5, 0.6) is 11.6 Å². The number of anilines is 1. The SMILES string of the molecule is COCCNCC(=O)Nc1cccc(Oc2cnccn2)c1. The molecule has 2 aromatic rings. The molecule has 0 aliphatic heterocycles. The highest BCUT2D eigenvalue weighted by atomic mass is 16.5. The first-order valence-electron chi connectivity index (χ1n) is 6.81. The Bertz CT molecular complexity index is 592. The molecule has 0 aliphatic rings. The number of benzene rings is 1. The van der Waals surface area contributed by atoms with Gasteiger partial charge in [0.15, 0.2) is 0 Å². The number of ether oxygens (including phenoxy) is 2. The zero-order chi connectivity index (χ0) is 15.6. The predicted molar refractivity (Wildman–Crippen MR) is 81.9 cm³/mol. The van der Waals surface area contributed by atoms with Gasteiger partial charge in [-0.3, -0.25) is 9.78 Å². The Balaban J connectivity index is 1.87. The first-order chi connectivity index (χ1) is 10.8. The number of hydrogen-bond donors (Lipinski definition) is 2. The van der Waals surface area contributed by atoms with Crippen molar-refractivity contribution in [3.63, 3.8) is 0 Å². The van der Waals surface area contributed by atoms with Crippen LogP contribution in [0, 0.1) is 0 Å². The van der Waals surface area contributed by atoms with Gasteiger partial charge in [0.05, 0.1) is 19.3 Å². The van der Waals surface area contributed by atoms with E-state index < -0.39 is 0 Å². The molecular formula is C15H18N4O3. The van der Waals surface area contributed by atoms with Crippen molar-refractivity contribution >= 4 is 11.6 Å². The minimum atomic E-state index is -0.132. The van der Waals surface area contributed by atoms with Crippen molar-refractivity contribution in [2.45, 2.75) is 0 Å². The van der Waals surface area contributed by atoms with Gasteiger partial charge in [-0.2, -0.15) is 0 Å². The maximum absolute atomic E-state index is 11.8. The molecule has 0 aliphatic carbocycles. The molecular weight excluding hydrogens is 284 g/mol. The van der Waals surface area contributed by atoms with Crippen LogP contribution in [-0.2, 0) is 9.53 Å². The van der Waals surface area contributed by atoms with Crippen LogP contribution in [0.3, 0.4) is 0 Å². The molecule has 0 saturated carbocycles. The van der Waals surface area contributed by atoms with Crippen LogP contribution in [0.15, 0.2) is 42.9 Å². The molecule has 0 spiro atoms. The van der Waals surface area contributed by atoms with Gasteiger partial charge in [0.25, 0.3) is 0 Å². The number of amides is 1. The number of aromatic nitrogens is 2. The van der Waals surface area contributed by atoms with E-state index in [2.05, 4.69) is 20.6 Å². The molecule has 7 heteroatoms. The molecule has 1 aromatic heterocycles. The van der Waals surface area contributed by atoms with Gasteiger partial charge in [-0.15, -0.1) is 0 Å². The van der Waals surface area contributed by atoms with E-state index >= 15 is 0 Å². The molecule has 1 aromatic carbocycles. The number of carbonyl (C=O) groups is 1. The second-order valence-corrected chi connectivity index (χ2v) is 4.39. The molecule has 0 unspecified atom stereocenters. The van der Waals surface area contributed by atoms with Crippen molar-refractivity contribution in [1.29, 1.82) is 0 Å². The van der Waals surface area contributed by atoms with Crippen molar-refractivity contribution in [2.75, 3.05) is 32.1 Å². The Morgan fingerprint density at radius 3 is 3.00 bits per heavy atom. The van der Waals surface area contributed by atoms with Crippen molar-refractivity contribution in [2.24, 2.45) is 0 Å². The number of hydrogen-bond acceptors (Lipinski definition) is 6. The predicted octanol–water partition coefficient (Wildman–Crippen LogP) is 1.44. The van der Waals surface area contributed by atoms with E-state index in [1.807, 2.05) is 0 Å². The van der Waals surface area contributed by atoms with Gasteiger partial charge < -0.3 is 20.1 Å². The van der Waals surface area contributed by atoms with Crippen molar-refractivity contribution in [3.05, 3.63) is 42.9 Å². The molecule has 2 rings (SSSR count). The van der Waals surface area contributed by atoms with E-state index in [-0.39, 0.29) is 12.5 Å². The molecule has 1 heterocycles. The molecule has 22 heavy (non-hydrogen) atoms. The van der Waals surface area contributed by atoms with E-state index in [1.54, 1.807) is 43.8 Å². The summed E-state index contributed by atoms with van der Waals surface area (Å²) in [6, 6.07) is 7.08. The van der Waals surface area contributed by atoms with E-state index in [0.29, 0.717) is 30.5 Å². The molecule has 116 valence electrons. The highest BCUT2D eigenvalue weighted by Crippen LogP contribution is 2.21. The summed E-state index contributed by atoms with van der Waals surface area (Å²) in [4.78, 5) is 19.7. The fourth-order valence-electron chi connectivity index (χ4n) is 1.68. The summed E-state index contributed by atoms with van der Waals surface area (Å²) in [5, 5.41) is 5.76. The average molecular weight is 302 g/mol. The first-order valence-corrected chi connectivity index (χ1v) is 6.81. The highest BCUT2D eigenvalue weighted by Gasteiger charge is 2.04. The van der Waals surface area contributed by atoms with Crippen LogP contribution in [-0.4, -0.2) is 42.7 Å². The van der Waals surface area contributed by atoms with Crippen LogP contribution < -0.4 is 15.4 Å². The molecule has 0 atom stereocenters. The van der Waals surface area contributed by atoms with Gasteiger partial charge in [-0.1, -0.05) is 6.07 Å². The maximum Gasteiger partial charge on any atom is 0.238 e. The van der Waals surface area contributed by atoms with E-state index in [4.69, 9.17) is 9.47 Å². The summed E-state index contributed by atoms with van der Waals surface area (Å²) in [5.74, 6) is 0.839. The molecule has 0 saturated heterocycles. The molecule has 0 bridgehead atoms. The number of nitrogens with zero attached hydrogens (tertiary/aromatic N) is 2. The largest absolute Gasteiger partial charge is 0.437 e. The molecule has 2 N–H and O–H groups in total. The fourth-order valence-corrected chi connectivity index (χ4v) is 1.68. The number of carbonyl (C=O) groups excluding carboxylic acids is 1. The minimum absolute atomic E-state index is 0.132. The van der Waals surface area contributed by atoms with Crippen LogP contribution in [0.1, 0.15) is 0 Å². The zero-order valence-corrected chi connectivity index (χ0v) is 12.3. The lowest BCUT2D eigenvalue weighted by atomic mass is 10.3. The van der Waals surface area contributed by atoms with E-state index in [9.17, 15) is 4.79 Å². The Morgan fingerprint density at radius 2 is 2.23 bits per heavy atom. The molecule has 0 fully saturated rings. The summed E-state index contributed by atoms with van der Waals surface area (Å²) >= 11 is 0. The van der Waals surface area contributed by atoms with Gasteiger partial charge in [-0.25, -0.2) is 4.98 Å². The third kappa shape index (κ3) is 5.47. The Labute approximate surface area is 128 Å². The van der Waals surface area contributed by atoms with Crippen molar-refractivity contribution < 1.29 is 14.3 Å². The zero-order valence-electron chi connectivity index (χ0n) is 12.3. The molecule has 1 amide bonds. The number of rotatable bonds is 8. The van der Waals surface area contributed by atoms with Gasteiger partial charge >= 0.3 is 0 Å². The summed E-state index contributed by atoms with van der Waals surface area (Å²) in [6.07, 6.45) is 4.64. The number of methoxy groups -OCH3 is 1. The fraction of sp³-hybridized carbons (Fsp3) is 0.267. The second kappa shape index (κ2) is 8.71. The van der Waals surface area contributed by atoms with Gasteiger partial charge in [0.1, 0.15) is 5.75 Å². The van der Waals surface area contributed by atoms with Crippen LogP contribution >= 0.6 is 0 Å². The Hall–Kier alpha value is -2.51. The Kier molecular flexibility index (Phi) is 6.28. The van der Waals surface area contributed by atoms with Crippen LogP contribution in [0.4, 0.5) is 5.69 Å². The maximum atomic E-state index is 11.8. The van der Waals surface area contributed by atoms with Crippen LogP contribution in [0.2, 0.25) is 0 Å². The lowest BCUT2D eigenvalue weighted by molar-refractivity contribution is -0.115. The van der Waals surface area contributed by atoms with Gasteiger partial charge in [0, 0.05) is 37.8 Å². The third-order valence-electron chi connectivity index (χ3n) is 2.65. The van der Waals surface area contributed by atoms with Crippen molar-refractivity contribution in [1.82, 2.24) is 15.3 Å². The summed E-state index contributed by atoms with van der Waals surface area (Å²) in [6.45, 7) is 1.41. The molecule has 7 nitrogen and oxygen atoms in total.